The van der Waals surface area contributed by atoms with Gasteiger partial charge in [0.2, 0.25) is 5.91 Å². The number of carbonyl (C=O) groups is 1. The molecule has 2 aromatic rings. The van der Waals surface area contributed by atoms with Crippen LogP contribution in [0.25, 0.3) is 5.65 Å². The van der Waals surface area contributed by atoms with Crippen LogP contribution in [0.3, 0.4) is 0 Å². The lowest BCUT2D eigenvalue weighted by Crippen LogP contribution is -2.47. The smallest absolute Gasteiger partial charge is 0.350 e. The molecule has 0 aliphatic heterocycles. The quantitative estimate of drug-likeness (QED) is 0.840. The molecule has 2 heterocycles. The summed E-state index contributed by atoms with van der Waals surface area (Å²) >= 11 is 0. The summed E-state index contributed by atoms with van der Waals surface area (Å²) in [6.45, 7) is 0.347. The molecular formula is C16H23N5O2. The van der Waals surface area contributed by atoms with Gasteiger partial charge in [-0.15, -0.1) is 5.10 Å². The van der Waals surface area contributed by atoms with E-state index in [2.05, 4.69) is 10.4 Å². The molecule has 1 aliphatic carbocycles. The molecule has 1 atom stereocenters. The molecule has 3 N–H and O–H groups in total. The van der Waals surface area contributed by atoms with Crippen LogP contribution in [-0.4, -0.2) is 32.7 Å². The lowest BCUT2D eigenvalue weighted by molar-refractivity contribution is -0.123. The lowest BCUT2D eigenvalue weighted by Gasteiger charge is -2.30. The van der Waals surface area contributed by atoms with Gasteiger partial charge in [-0.3, -0.25) is 9.20 Å². The molecule has 2 aromatic heterocycles. The highest BCUT2D eigenvalue weighted by Crippen LogP contribution is 2.26. The predicted molar refractivity (Wildman–Crippen MR) is 87.0 cm³/mol. The van der Waals surface area contributed by atoms with Crippen LogP contribution in [0.1, 0.15) is 32.1 Å². The first-order valence-corrected chi connectivity index (χ1v) is 8.22. The molecular weight excluding hydrogens is 294 g/mol. The maximum atomic E-state index is 12.3. The Morgan fingerprint density at radius 3 is 2.83 bits per heavy atom. The Balaban J connectivity index is 1.67. The molecule has 7 heteroatoms. The van der Waals surface area contributed by atoms with Crippen molar-refractivity contribution in [1.82, 2.24) is 19.5 Å². The number of hydrogen-bond donors (Lipinski definition) is 2. The lowest BCUT2D eigenvalue weighted by atomic mass is 9.84. The van der Waals surface area contributed by atoms with Crippen LogP contribution in [0, 0.1) is 5.92 Å². The highest BCUT2D eigenvalue weighted by Gasteiger charge is 2.24. The number of fused-ring (bicyclic) bond motifs is 1. The van der Waals surface area contributed by atoms with Gasteiger partial charge in [0.1, 0.15) is 6.54 Å². The molecule has 1 fully saturated rings. The number of aromatic nitrogens is 3. The van der Waals surface area contributed by atoms with Gasteiger partial charge in [0.25, 0.3) is 0 Å². The molecule has 3 rings (SSSR count). The van der Waals surface area contributed by atoms with E-state index >= 15 is 0 Å². The Morgan fingerprint density at radius 1 is 1.35 bits per heavy atom. The number of carbonyl (C=O) groups excluding carboxylic acids is 1. The largest absolute Gasteiger partial charge is 0.350 e. The highest BCUT2D eigenvalue weighted by atomic mass is 16.2. The number of nitrogens with zero attached hydrogens (tertiary/aromatic N) is 3. The Hall–Kier alpha value is -2.15. The molecule has 1 aliphatic rings. The summed E-state index contributed by atoms with van der Waals surface area (Å²) in [6.07, 6.45) is 7.51. The average Bonchev–Trinajstić information content (AvgIpc) is 2.90. The maximum absolute atomic E-state index is 12.3. The van der Waals surface area contributed by atoms with Crippen molar-refractivity contribution >= 4 is 11.6 Å². The van der Waals surface area contributed by atoms with E-state index in [0.717, 1.165) is 12.8 Å². The summed E-state index contributed by atoms with van der Waals surface area (Å²) in [6, 6.07) is 5.28. The summed E-state index contributed by atoms with van der Waals surface area (Å²) in [7, 11) is 0. The standard InChI is InChI=1S/C16H23N5O2/c17-10-13(12-6-2-1-3-7-12)18-15(22)11-21-16(23)20-9-5-4-8-14(20)19-21/h4-5,8-9,12-13H,1-3,6-7,10-11,17H2,(H,18,22). The van der Waals surface area contributed by atoms with E-state index in [4.69, 9.17) is 5.73 Å². The van der Waals surface area contributed by atoms with Crippen molar-refractivity contribution in [3.63, 3.8) is 0 Å². The second-order valence-corrected chi connectivity index (χ2v) is 6.18. The van der Waals surface area contributed by atoms with Crippen molar-refractivity contribution < 1.29 is 4.79 Å². The Kier molecular flexibility index (Phi) is 4.76. The molecule has 0 bridgehead atoms. The van der Waals surface area contributed by atoms with Crippen LogP contribution < -0.4 is 16.7 Å². The minimum atomic E-state index is -0.308. The van der Waals surface area contributed by atoms with Gasteiger partial charge in [-0.1, -0.05) is 25.3 Å². The molecule has 0 saturated heterocycles. The van der Waals surface area contributed by atoms with Crippen molar-refractivity contribution in [2.75, 3.05) is 6.54 Å². The van der Waals surface area contributed by atoms with E-state index in [-0.39, 0.29) is 24.2 Å². The summed E-state index contributed by atoms with van der Waals surface area (Å²) in [5.41, 5.74) is 6.06. The normalized spacial score (nSPS) is 17.3. The third-order valence-corrected chi connectivity index (χ3v) is 4.60. The predicted octanol–water partition coefficient (Wildman–Crippen LogP) is 0.520. The third-order valence-electron chi connectivity index (χ3n) is 4.60. The van der Waals surface area contributed by atoms with Crippen molar-refractivity contribution in [3.8, 4) is 0 Å². The maximum Gasteiger partial charge on any atom is 0.350 e. The van der Waals surface area contributed by atoms with Crippen molar-refractivity contribution in [2.45, 2.75) is 44.7 Å². The van der Waals surface area contributed by atoms with E-state index in [1.165, 1.54) is 28.3 Å². The summed E-state index contributed by atoms with van der Waals surface area (Å²) in [5.74, 6) is 0.229. The van der Waals surface area contributed by atoms with Crippen molar-refractivity contribution in [2.24, 2.45) is 11.7 Å². The first-order valence-electron chi connectivity index (χ1n) is 8.22. The van der Waals surface area contributed by atoms with E-state index in [1.807, 2.05) is 0 Å². The van der Waals surface area contributed by atoms with Crippen molar-refractivity contribution in [3.05, 3.63) is 34.9 Å². The summed E-state index contributed by atoms with van der Waals surface area (Å²) in [5, 5.41) is 7.16. The molecule has 0 radical (unpaired) electrons. The van der Waals surface area contributed by atoms with Crippen LogP contribution in [0.2, 0.25) is 0 Å². The van der Waals surface area contributed by atoms with Gasteiger partial charge in [0.15, 0.2) is 5.65 Å². The molecule has 1 unspecified atom stereocenters. The van der Waals surface area contributed by atoms with E-state index < -0.39 is 0 Å². The third kappa shape index (κ3) is 3.44. The number of hydrogen-bond acceptors (Lipinski definition) is 4. The monoisotopic (exact) mass is 317 g/mol. The van der Waals surface area contributed by atoms with E-state index in [0.29, 0.717) is 18.1 Å². The van der Waals surface area contributed by atoms with E-state index in [9.17, 15) is 9.59 Å². The van der Waals surface area contributed by atoms with Gasteiger partial charge in [0, 0.05) is 18.8 Å². The second kappa shape index (κ2) is 6.95. The summed E-state index contributed by atoms with van der Waals surface area (Å²) in [4.78, 5) is 24.5. The molecule has 23 heavy (non-hydrogen) atoms. The van der Waals surface area contributed by atoms with Gasteiger partial charge in [-0.2, -0.15) is 0 Å². The van der Waals surface area contributed by atoms with Crippen LogP contribution in [0.15, 0.2) is 29.2 Å². The van der Waals surface area contributed by atoms with Gasteiger partial charge in [-0.25, -0.2) is 9.48 Å². The van der Waals surface area contributed by atoms with Gasteiger partial charge < -0.3 is 11.1 Å². The van der Waals surface area contributed by atoms with Crippen LogP contribution in [0.4, 0.5) is 0 Å². The molecule has 7 nitrogen and oxygen atoms in total. The van der Waals surface area contributed by atoms with Crippen LogP contribution in [0.5, 0.6) is 0 Å². The molecule has 1 saturated carbocycles. The van der Waals surface area contributed by atoms with Gasteiger partial charge in [-0.05, 0) is 30.9 Å². The Bertz CT molecular complexity index is 729. The first kappa shape index (κ1) is 15.7. The second-order valence-electron chi connectivity index (χ2n) is 6.18. The number of amides is 1. The minimum Gasteiger partial charge on any atom is -0.350 e. The van der Waals surface area contributed by atoms with E-state index in [1.54, 1.807) is 24.4 Å². The molecule has 1 amide bonds. The zero-order chi connectivity index (χ0) is 16.2. The summed E-state index contributed by atoms with van der Waals surface area (Å²) < 4.78 is 2.62. The topological polar surface area (TPSA) is 94.4 Å². The number of rotatable bonds is 5. The SMILES string of the molecule is NCC(NC(=O)Cn1nc2ccccn2c1=O)C1CCCCC1. The highest BCUT2D eigenvalue weighted by molar-refractivity contribution is 5.76. The average molecular weight is 317 g/mol. The minimum absolute atomic E-state index is 0.0180. The van der Waals surface area contributed by atoms with Crippen LogP contribution >= 0.6 is 0 Å². The van der Waals surface area contributed by atoms with Crippen LogP contribution in [-0.2, 0) is 11.3 Å². The zero-order valence-corrected chi connectivity index (χ0v) is 13.1. The fourth-order valence-electron chi connectivity index (χ4n) is 3.37. The van der Waals surface area contributed by atoms with Gasteiger partial charge in [0.05, 0.1) is 0 Å². The fraction of sp³-hybridized carbons (Fsp3) is 0.562. The van der Waals surface area contributed by atoms with Gasteiger partial charge >= 0.3 is 5.69 Å². The Labute approximate surface area is 134 Å². The number of nitrogens with one attached hydrogen (secondary N) is 1. The first-order chi connectivity index (χ1) is 11.2. The number of pyridine rings is 1. The fourth-order valence-corrected chi connectivity index (χ4v) is 3.37. The molecule has 0 spiro atoms. The molecule has 124 valence electrons. The Morgan fingerprint density at radius 2 is 2.13 bits per heavy atom. The zero-order valence-electron chi connectivity index (χ0n) is 13.1. The molecule has 0 aromatic carbocycles. The number of nitrogens with two attached hydrogens (primary N) is 1. The van der Waals surface area contributed by atoms with Crippen molar-refractivity contribution in [1.29, 1.82) is 0 Å².